The van der Waals surface area contributed by atoms with Gasteiger partial charge in [0.05, 0.1) is 5.02 Å². The van der Waals surface area contributed by atoms with Crippen molar-refractivity contribution in [1.29, 1.82) is 0 Å². The second-order valence-electron chi connectivity index (χ2n) is 5.30. The molecule has 0 bridgehead atoms. The lowest BCUT2D eigenvalue weighted by Crippen LogP contribution is -2.32. The third-order valence-electron chi connectivity index (χ3n) is 4.28. The van der Waals surface area contributed by atoms with Crippen LogP contribution in [0.15, 0.2) is 6.20 Å². The number of carbonyl (C=O) groups excluding carboxylic acids is 1. The number of aryl methyl sites for hydroxylation is 1. The summed E-state index contributed by atoms with van der Waals surface area (Å²) in [6.45, 7) is 3.96. The highest BCUT2D eigenvalue weighted by Crippen LogP contribution is 2.60. The summed E-state index contributed by atoms with van der Waals surface area (Å²) in [6, 6.07) is 0. The number of carbonyl (C=O) groups is 1. The zero-order valence-corrected chi connectivity index (χ0v) is 10.9. The van der Waals surface area contributed by atoms with E-state index in [9.17, 15) is 4.79 Å². The first kappa shape index (κ1) is 11.1. The normalized spacial score (nSPS) is 30.5. The summed E-state index contributed by atoms with van der Waals surface area (Å²) in [7, 11) is 1.78. The summed E-state index contributed by atoms with van der Waals surface area (Å²) in [6.07, 6.45) is 4.11. The van der Waals surface area contributed by atoms with Gasteiger partial charge in [0.15, 0.2) is 5.69 Å². The number of fused-ring (bicyclic) bond motifs is 1. The highest BCUT2D eigenvalue weighted by molar-refractivity contribution is 6.33. The fraction of sp³-hybridized carbons (Fsp3) is 0.667. The Hall–Kier alpha value is -1.03. The predicted molar refractivity (Wildman–Crippen MR) is 65.0 cm³/mol. The average Bonchev–Trinajstić information content (AvgIpc) is 2.68. The van der Waals surface area contributed by atoms with Gasteiger partial charge >= 0.3 is 0 Å². The van der Waals surface area contributed by atoms with Crippen molar-refractivity contribution in [2.45, 2.75) is 19.8 Å². The number of likely N-dealkylation sites (tertiary alicyclic amines) is 1. The maximum Gasteiger partial charge on any atom is 0.275 e. The number of hydrogen-bond acceptors (Lipinski definition) is 2. The molecule has 2 aliphatic rings. The maximum absolute atomic E-state index is 12.3. The van der Waals surface area contributed by atoms with Crippen LogP contribution in [0.4, 0.5) is 0 Å². The number of piperidine rings is 1. The monoisotopic (exact) mass is 253 g/mol. The van der Waals surface area contributed by atoms with E-state index in [0.29, 0.717) is 22.0 Å². The van der Waals surface area contributed by atoms with E-state index in [0.717, 1.165) is 19.5 Å². The van der Waals surface area contributed by atoms with Crippen molar-refractivity contribution in [3.63, 3.8) is 0 Å². The molecule has 17 heavy (non-hydrogen) atoms. The molecule has 92 valence electrons. The fourth-order valence-electron chi connectivity index (χ4n) is 3.05. The Morgan fingerprint density at radius 3 is 3.00 bits per heavy atom. The number of amides is 1. The molecule has 3 rings (SSSR count). The zero-order valence-electron chi connectivity index (χ0n) is 10.1. The Bertz CT molecular complexity index is 480. The van der Waals surface area contributed by atoms with Gasteiger partial charge in [0.2, 0.25) is 0 Å². The molecule has 1 aromatic heterocycles. The summed E-state index contributed by atoms with van der Waals surface area (Å²) >= 11 is 6.00. The summed E-state index contributed by atoms with van der Waals surface area (Å²) in [5.41, 5.74) is 0.804. The maximum atomic E-state index is 12.3. The average molecular weight is 254 g/mol. The third-order valence-corrected chi connectivity index (χ3v) is 4.56. The molecule has 1 aliphatic carbocycles. The molecule has 1 amide bonds. The molecule has 1 aromatic rings. The van der Waals surface area contributed by atoms with Crippen LogP contribution in [0, 0.1) is 11.3 Å². The van der Waals surface area contributed by atoms with Crippen molar-refractivity contribution < 1.29 is 4.79 Å². The predicted octanol–water partition coefficient (Wildman–Crippen LogP) is 1.95. The molecule has 2 atom stereocenters. The molecule has 0 spiro atoms. The molecule has 2 fully saturated rings. The Balaban J connectivity index is 1.79. The minimum atomic E-state index is -0.0179. The van der Waals surface area contributed by atoms with Crippen LogP contribution < -0.4 is 0 Å². The van der Waals surface area contributed by atoms with Gasteiger partial charge < -0.3 is 4.90 Å². The van der Waals surface area contributed by atoms with Gasteiger partial charge in [-0.25, -0.2) is 0 Å². The molecule has 2 unspecified atom stereocenters. The minimum Gasteiger partial charge on any atom is -0.336 e. The van der Waals surface area contributed by atoms with Gasteiger partial charge in [-0.2, -0.15) is 5.10 Å². The summed E-state index contributed by atoms with van der Waals surface area (Å²) in [5, 5.41) is 4.58. The first-order chi connectivity index (χ1) is 8.05. The number of nitrogens with zero attached hydrogens (tertiary/aromatic N) is 3. The van der Waals surface area contributed by atoms with Gasteiger partial charge in [0, 0.05) is 26.3 Å². The van der Waals surface area contributed by atoms with Crippen LogP contribution in [0.25, 0.3) is 0 Å². The van der Waals surface area contributed by atoms with Crippen molar-refractivity contribution in [3.05, 3.63) is 16.9 Å². The van der Waals surface area contributed by atoms with Gasteiger partial charge in [-0.15, -0.1) is 0 Å². The molecule has 1 saturated carbocycles. The zero-order chi connectivity index (χ0) is 12.2. The second kappa shape index (κ2) is 3.48. The smallest absolute Gasteiger partial charge is 0.275 e. The first-order valence-corrected chi connectivity index (χ1v) is 6.42. The lowest BCUT2D eigenvalue weighted by Gasteiger charge is -2.19. The second-order valence-corrected chi connectivity index (χ2v) is 5.71. The number of rotatable bonds is 2. The van der Waals surface area contributed by atoms with E-state index in [2.05, 4.69) is 12.0 Å². The molecule has 0 radical (unpaired) electrons. The van der Waals surface area contributed by atoms with Gasteiger partial charge in [-0.3, -0.25) is 9.48 Å². The van der Waals surface area contributed by atoms with Crippen LogP contribution in [-0.2, 0) is 7.05 Å². The number of halogens is 1. The summed E-state index contributed by atoms with van der Waals surface area (Å²) < 4.78 is 1.59. The Morgan fingerprint density at radius 2 is 2.47 bits per heavy atom. The molecule has 0 N–H and O–H groups in total. The van der Waals surface area contributed by atoms with Crippen LogP contribution in [0.5, 0.6) is 0 Å². The lowest BCUT2D eigenvalue weighted by atomic mass is 10.0. The topological polar surface area (TPSA) is 38.1 Å². The Morgan fingerprint density at radius 1 is 1.71 bits per heavy atom. The molecule has 1 aliphatic heterocycles. The number of aromatic nitrogens is 2. The largest absolute Gasteiger partial charge is 0.336 e. The van der Waals surface area contributed by atoms with Crippen molar-refractivity contribution >= 4 is 17.5 Å². The highest BCUT2D eigenvalue weighted by Gasteiger charge is 2.59. The van der Waals surface area contributed by atoms with Gasteiger partial charge in [0.1, 0.15) is 0 Å². The molecule has 0 aromatic carbocycles. The molecule has 1 saturated heterocycles. The van der Waals surface area contributed by atoms with Crippen LogP contribution in [-0.4, -0.2) is 33.7 Å². The summed E-state index contributed by atoms with van der Waals surface area (Å²) in [4.78, 5) is 14.2. The van der Waals surface area contributed by atoms with E-state index >= 15 is 0 Å². The molecular formula is C12H16ClN3O. The van der Waals surface area contributed by atoms with Crippen molar-refractivity contribution in [3.8, 4) is 0 Å². The third kappa shape index (κ3) is 1.58. The first-order valence-electron chi connectivity index (χ1n) is 6.04. The lowest BCUT2D eigenvalue weighted by molar-refractivity contribution is 0.0757. The van der Waals surface area contributed by atoms with E-state index in [-0.39, 0.29) is 5.91 Å². The fourth-order valence-corrected chi connectivity index (χ4v) is 3.31. The van der Waals surface area contributed by atoms with E-state index in [4.69, 9.17) is 11.6 Å². The molecule has 2 heterocycles. The van der Waals surface area contributed by atoms with Gasteiger partial charge in [0.25, 0.3) is 5.91 Å². The summed E-state index contributed by atoms with van der Waals surface area (Å²) in [5.74, 6) is 0.689. The standard InChI is InChI=1S/C12H16ClN3O/c1-3-12-4-8(12)5-16(7-12)11(17)10-9(13)6-15(2)14-10/h6,8H,3-5,7H2,1-2H3. The molecule has 5 heteroatoms. The minimum absolute atomic E-state index is 0.0179. The van der Waals surface area contributed by atoms with Gasteiger partial charge in [-0.05, 0) is 24.2 Å². The van der Waals surface area contributed by atoms with Crippen LogP contribution in [0.3, 0.4) is 0 Å². The van der Waals surface area contributed by atoms with Crippen LogP contribution in [0.1, 0.15) is 30.3 Å². The quantitative estimate of drug-likeness (QED) is 0.808. The molecule has 4 nitrogen and oxygen atoms in total. The van der Waals surface area contributed by atoms with Crippen molar-refractivity contribution in [1.82, 2.24) is 14.7 Å². The van der Waals surface area contributed by atoms with E-state index in [1.165, 1.54) is 6.42 Å². The Labute approximate surface area is 106 Å². The molecular weight excluding hydrogens is 238 g/mol. The van der Waals surface area contributed by atoms with E-state index in [1.54, 1.807) is 17.9 Å². The Kier molecular flexibility index (Phi) is 2.27. The van der Waals surface area contributed by atoms with Gasteiger partial charge in [-0.1, -0.05) is 18.5 Å². The van der Waals surface area contributed by atoms with E-state index < -0.39 is 0 Å². The SMILES string of the molecule is CCC12CC1CN(C(=O)c1nn(C)cc1Cl)C2. The van der Waals surface area contributed by atoms with Crippen molar-refractivity contribution in [2.24, 2.45) is 18.4 Å². The highest BCUT2D eigenvalue weighted by atomic mass is 35.5. The van der Waals surface area contributed by atoms with Crippen LogP contribution in [0.2, 0.25) is 5.02 Å². The van der Waals surface area contributed by atoms with Crippen LogP contribution >= 0.6 is 11.6 Å². The van der Waals surface area contributed by atoms with E-state index in [1.807, 2.05) is 4.90 Å². The van der Waals surface area contributed by atoms with Crippen molar-refractivity contribution in [2.75, 3.05) is 13.1 Å². The number of hydrogen-bond donors (Lipinski definition) is 0.